The highest BCUT2D eigenvalue weighted by molar-refractivity contribution is 5.98. The highest BCUT2D eigenvalue weighted by atomic mass is 16.2. The molecule has 2 amide bonds. The summed E-state index contributed by atoms with van der Waals surface area (Å²) in [5.41, 5.74) is 4.59. The minimum absolute atomic E-state index is 0.00205. The normalized spacial score (nSPS) is 22.5. The molecular weight excluding hydrogens is 326 g/mol. The number of nitrogens with zero attached hydrogens (tertiary/aromatic N) is 1. The molecule has 136 valence electrons. The molecule has 5 heteroatoms. The number of aromatic nitrogens is 1. The summed E-state index contributed by atoms with van der Waals surface area (Å²) in [6, 6.07) is 7.44. The summed E-state index contributed by atoms with van der Waals surface area (Å²) in [7, 11) is 0. The number of carbonyl (C=O) groups excluding carboxylic acids is 2. The monoisotopic (exact) mass is 351 g/mol. The van der Waals surface area contributed by atoms with Gasteiger partial charge in [-0.15, -0.1) is 0 Å². The quantitative estimate of drug-likeness (QED) is 0.832. The second-order valence-electron chi connectivity index (χ2n) is 7.57. The molecule has 2 aromatic rings. The number of piperazine rings is 1. The van der Waals surface area contributed by atoms with Crippen molar-refractivity contribution in [1.82, 2.24) is 15.2 Å². The van der Waals surface area contributed by atoms with E-state index in [1.54, 1.807) is 4.90 Å². The molecule has 2 aliphatic rings. The average Bonchev–Trinajstić information content (AvgIpc) is 3.23. The highest BCUT2D eigenvalue weighted by Crippen LogP contribution is 2.28. The number of rotatable bonds is 4. The topological polar surface area (TPSA) is 65.2 Å². The molecule has 2 N–H and O–H groups in total. The number of carbonyl (C=O) groups is 2. The van der Waals surface area contributed by atoms with Gasteiger partial charge in [0.25, 0.3) is 0 Å². The van der Waals surface area contributed by atoms with E-state index >= 15 is 0 Å². The minimum atomic E-state index is -0.471. The summed E-state index contributed by atoms with van der Waals surface area (Å²) in [6.07, 6.45) is 5.21. The van der Waals surface area contributed by atoms with Gasteiger partial charge in [0.05, 0.1) is 0 Å². The number of allylic oxidation sites excluding steroid dienone is 2. The van der Waals surface area contributed by atoms with E-state index in [9.17, 15) is 9.59 Å². The molecule has 0 bridgehead atoms. The molecule has 2 fully saturated rings. The zero-order valence-electron chi connectivity index (χ0n) is 15.3. The molecule has 5 nitrogen and oxygen atoms in total. The number of H-pyrrole nitrogens is 1. The van der Waals surface area contributed by atoms with Crippen LogP contribution in [0.5, 0.6) is 0 Å². The fourth-order valence-corrected chi connectivity index (χ4v) is 4.14. The van der Waals surface area contributed by atoms with Crippen molar-refractivity contribution in [2.24, 2.45) is 0 Å². The van der Waals surface area contributed by atoms with E-state index in [2.05, 4.69) is 42.4 Å². The van der Waals surface area contributed by atoms with Crippen LogP contribution in [0.4, 0.5) is 0 Å². The third kappa shape index (κ3) is 2.91. The van der Waals surface area contributed by atoms with Gasteiger partial charge < -0.3 is 15.2 Å². The second-order valence-corrected chi connectivity index (χ2v) is 7.57. The van der Waals surface area contributed by atoms with E-state index in [1.165, 1.54) is 5.57 Å². The first kappa shape index (κ1) is 16.9. The molecule has 0 radical (unpaired) electrons. The summed E-state index contributed by atoms with van der Waals surface area (Å²) >= 11 is 0. The van der Waals surface area contributed by atoms with Crippen LogP contribution in [0.2, 0.25) is 0 Å². The van der Waals surface area contributed by atoms with Crippen LogP contribution in [0.15, 0.2) is 35.9 Å². The zero-order valence-corrected chi connectivity index (χ0v) is 15.3. The molecule has 26 heavy (non-hydrogen) atoms. The first-order valence-corrected chi connectivity index (χ1v) is 9.37. The fourth-order valence-electron chi connectivity index (χ4n) is 4.14. The Labute approximate surface area is 153 Å². The summed E-state index contributed by atoms with van der Waals surface area (Å²) < 4.78 is 0. The molecule has 4 rings (SSSR count). The Bertz CT molecular complexity index is 892. The van der Waals surface area contributed by atoms with Crippen molar-refractivity contribution in [3.63, 3.8) is 0 Å². The number of hydrogen-bond acceptors (Lipinski definition) is 2. The van der Waals surface area contributed by atoms with Gasteiger partial charge in [-0.3, -0.25) is 9.59 Å². The Kier molecular flexibility index (Phi) is 4.31. The summed E-state index contributed by atoms with van der Waals surface area (Å²) in [5.74, 6) is 0.0586. The van der Waals surface area contributed by atoms with Gasteiger partial charge in [0, 0.05) is 36.0 Å². The Morgan fingerprint density at radius 1 is 1.27 bits per heavy atom. The number of amides is 2. The molecule has 1 aromatic carbocycles. The van der Waals surface area contributed by atoms with Crippen molar-refractivity contribution in [2.75, 3.05) is 6.54 Å². The Morgan fingerprint density at radius 2 is 2.08 bits per heavy atom. The number of hydrogen-bond donors (Lipinski definition) is 2. The van der Waals surface area contributed by atoms with Crippen LogP contribution in [0.25, 0.3) is 10.9 Å². The third-order valence-electron chi connectivity index (χ3n) is 5.48. The second kappa shape index (κ2) is 6.63. The number of benzene rings is 1. The Morgan fingerprint density at radius 3 is 2.88 bits per heavy atom. The van der Waals surface area contributed by atoms with Gasteiger partial charge in [-0.1, -0.05) is 29.8 Å². The molecule has 0 spiro atoms. The first-order valence-electron chi connectivity index (χ1n) is 9.37. The van der Waals surface area contributed by atoms with Crippen LogP contribution in [0.1, 0.15) is 37.9 Å². The van der Waals surface area contributed by atoms with E-state index < -0.39 is 6.04 Å². The molecule has 2 saturated heterocycles. The minimum Gasteiger partial charge on any atom is -0.358 e. The predicted molar refractivity (Wildman–Crippen MR) is 102 cm³/mol. The largest absolute Gasteiger partial charge is 0.358 e. The van der Waals surface area contributed by atoms with Gasteiger partial charge in [-0.05, 0) is 38.3 Å². The van der Waals surface area contributed by atoms with Gasteiger partial charge >= 0.3 is 0 Å². The molecule has 1 aromatic heterocycles. The Balaban J connectivity index is 1.67. The lowest BCUT2D eigenvalue weighted by atomic mass is 9.97. The standard InChI is InChI=1S/C21H25N3O2/c1-13(2)9-10-17-15(14-6-3-4-7-16(14)22-17)12-18-21(26)24-11-5-8-19(24)20(25)23-18/h3-4,6-7,9,18-19,22H,5,8,10-12H2,1-2H3,(H,23,25)/t18-,19-/m0/s1. The number of aromatic amines is 1. The van der Waals surface area contributed by atoms with E-state index in [1.807, 2.05) is 12.1 Å². The van der Waals surface area contributed by atoms with Crippen LogP contribution in [0.3, 0.4) is 0 Å². The van der Waals surface area contributed by atoms with Crippen molar-refractivity contribution < 1.29 is 9.59 Å². The zero-order chi connectivity index (χ0) is 18.3. The van der Waals surface area contributed by atoms with E-state index in [0.717, 1.165) is 41.4 Å². The lowest BCUT2D eigenvalue weighted by Crippen LogP contribution is -2.61. The maximum Gasteiger partial charge on any atom is 0.246 e. The van der Waals surface area contributed by atoms with Crippen LogP contribution >= 0.6 is 0 Å². The summed E-state index contributed by atoms with van der Waals surface area (Å²) in [5, 5.41) is 4.11. The number of nitrogens with one attached hydrogen (secondary N) is 2. The smallest absolute Gasteiger partial charge is 0.246 e. The molecule has 0 aliphatic carbocycles. The fraction of sp³-hybridized carbons (Fsp3) is 0.429. The molecule has 3 heterocycles. The first-order chi connectivity index (χ1) is 12.5. The van der Waals surface area contributed by atoms with Crippen molar-refractivity contribution in [3.05, 3.63) is 47.2 Å². The van der Waals surface area contributed by atoms with E-state index in [0.29, 0.717) is 13.0 Å². The summed E-state index contributed by atoms with van der Waals surface area (Å²) in [6.45, 7) is 4.87. The number of para-hydroxylation sites is 1. The van der Waals surface area contributed by atoms with E-state index in [-0.39, 0.29) is 17.9 Å². The Hall–Kier alpha value is -2.56. The van der Waals surface area contributed by atoms with Gasteiger partial charge in [0.1, 0.15) is 12.1 Å². The molecule has 0 saturated carbocycles. The number of fused-ring (bicyclic) bond motifs is 2. The predicted octanol–water partition coefficient (Wildman–Crippen LogP) is 2.71. The van der Waals surface area contributed by atoms with Gasteiger partial charge in [0.15, 0.2) is 0 Å². The van der Waals surface area contributed by atoms with Crippen LogP contribution in [-0.4, -0.2) is 40.3 Å². The SMILES string of the molecule is CC(C)=CCc1[nH]c2ccccc2c1C[C@@H]1NC(=O)[C@@H]2CCCN2C1=O. The van der Waals surface area contributed by atoms with E-state index in [4.69, 9.17) is 0 Å². The van der Waals surface area contributed by atoms with Crippen molar-refractivity contribution in [2.45, 2.75) is 51.6 Å². The maximum absolute atomic E-state index is 12.9. The molecule has 0 unspecified atom stereocenters. The van der Waals surface area contributed by atoms with Crippen molar-refractivity contribution in [1.29, 1.82) is 0 Å². The highest BCUT2D eigenvalue weighted by Gasteiger charge is 2.43. The summed E-state index contributed by atoms with van der Waals surface area (Å²) in [4.78, 5) is 30.6. The van der Waals surface area contributed by atoms with Gasteiger partial charge in [-0.25, -0.2) is 0 Å². The third-order valence-corrected chi connectivity index (χ3v) is 5.48. The molecule has 2 atom stereocenters. The maximum atomic E-state index is 12.9. The lowest BCUT2D eigenvalue weighted by Gasteiger charge is -2.34. The average molecular weight is 351 g/mol. The van der Waals surface area contributed by atoms with Crippen molar-refractivity contribution in [3.8, 4) is 0 Å². The van der Waals surface area contributed by atoms with Crippen LogP contribution < -0.4 is 5.32 Å². The van der Waals surface area contributed by atoms with Gasteiger partial charge in [-0.2, -0.15) is 0 Å². The van der Waals surface area contributed by atoms with Gasteiger partial charge in [0.2, 0.25) is 11.8 Å². The van der Waals surface area contributed by atoms with Crippen LogP contribution in [-0.2, 0) is 22.4 Å². The van der Waals surface area contributed by atoms with Crippen LogP contribution in [0, 0.1) is 0 Å². The molecular formula is C21H25N3O2. The molecule has 2 aliphatic heterocycles. The lowest BCUT2D eigenvalue weighted by molar-refractivity contribution is -0.146. The van der Waals surface area contributed by atoms with Crippen molar-refractivity contribution >= 4 is 22.7 Å².